The Balaban J connectivity index is 2.05. The van der Waals surface area contributed by atoms with Crippen molar-refractivity contribution in [1.82, 2.24) is 5.32 Å². The van der Waals surface area contributed by atoms with Crippen molar-refractivity contribution in [1.29, 1.82) is 0 Å². The van der Waals surface area contributed by atoms with E-state index in [1.54, 1.807) is 13.0 Å². The highest BCUT2D eigenvalue weighted by molar-refractivity contribution is 8.00. The summed E-state index contributed by atoms with van der Waals surface area (Å²) < 4.78 is 0. The molecule has 0 aromatic heterocycles. The molecule has 4 nitrogen and oxygen atoms in total. The van der Waals surface area contributed by atoms with Crippen molar-refractivity contribution >= 4 is 35.4 Å². The molecule has 1 fully saturated rings. The summed E-state index contributed by atoms with van der Waals surface area (Å²) in [6.07, 6.45) is 6.50. The monoisotopic (exact) mass is 353 g/mol. The van der Waals surface area contributed by atoms with E-state index in [2.05, 4.69) is 11.6 Å². The van der Waals surface area contributed by atoms with Gasteiger partial charge in [0.25, 0.3) is 5.91 Å². The maximum Gasteiger partial charge on any atom is 0.316 e. The molecule has 2 N–H and O–H groups in total. The molecule has 1 aliphatic rings. The molecule has 0 heterocycles. The minimum atomic E-state index is -0.875. The van der Waals surface area contributed by atoms with Crippen LogP contribution in [0.4, 0.5) is 0 Å². The fourth-order valence-electron chi connectivity index (χ4n) is 2.75. The maximum absolute atomic E-state index is 12.6. The molecule has 0 spiro atoms. The van der Waals surface area contributed by atoms with E-state index in [-0.39, 0.29) is 11.9 Å². The molecule has 6 heteroatoms. The predicted octanol–water partition coefficient (Wildman–Crippen LogP) is 3.66. The van der Waals surface area contributed by atoms with Crippen LogP contribution in [-0.2, 0) is 4.79 Å². The van der Waals surface area contributed by atoms with Gasteiger partial charge in [-0.2, -0.15) is 11.8 Å². The first kappa shape index (κ1) is 18.2. The zero-order valence-electron chi connectivity index (χ0n) is 13.5. The third kappa shape index (κ3) is 5.18. The predicted molar refractivity (Wildman–Crippen MR) is 96.4 cm³/mol. The van der Waals surface area contributed by atoms with E-state index in [1.165, 1.54) is 18.2 Å². The second-order valence-corrected chi connectivity index (χ2v) is 8.31. The summed E-state index contributed by atoms with van der Waals surface area (Å²) >= 11 is 3.08. The highest BCUT2D eigenvalue weighted by Gasteiger charge is 2.24. The number of carboxylic acids is 1. The number of benzene rings is 1. The van der Waals surface area contributed by atoms with Crippen LogP contribution in [0.5, 0.6) is 0 Å². The zero-order chi connectivity index (χ0) is 16.8. The Kier molecular flexibility index (Phi) is 6.84. The normalized spacial score (nSPS) is 22.3. The van der Waals surface area contributed by atoms with Gasteiger partial charge in [0.15, 0.2) is 0 Å². The van der Waals surface area contributed by atoms with Gasteiger partial charge in [-0.25, -0.2) is 0 Å². The number of amides is 1. The van der Waals surface area contributed by atoms with Crippen LogP contribution < -0.4 is 5.32 Å². The van der Waals surface area contributed by atoms with Crippen molar-refractivity contribution in [2.75, 3.05) is 6.26 Å². The molecule has 0 radical (unpaired) electrons. The Morgan fingerprint density at radius 2 is 2.04 bits per heavy atom. The Bertz CT molecular complexity index is 565. The van der Waals surface area contributed by atoms with Crippen LogP contribution >= 0.6 is 23.5 Å². The molecule has 3 unspecified atom stereocenters. The molecular weight excluding hydrogens is 330 g/mol. The Morgan fingerprint density at radius 1 is 1.30 bits per heavy atom. The first-order chi connectivity index (χ1) is 11.0. The summed E-state index contributed by atoms with van der Waals surface area (Å²) in [7, 11) is 0. The average Bonchev–Trinajstić information content (AvgIpc) is 2.55. The van der Waals surface area contributed by atoms with E-state index < -0.39 is 11.2 Å². The van der Waals surface area contributed by atoms with Gasteiger partial charge in [-0.3, -0.25) is 9.59 Å². The Morgan fingerprint density at radius 3 is 2.74 bits per heavy atom. The molecular formula is C17H23NO3S2. The molecule has 2 rings (SSSR count). The van der Waals surface area contributed by atoms with Gasteiger partial charge in [-0.1, -0.05) is 18.6 Å². The van der Waals surface area contributed by atoms with Crippen molar-refractivity contribution in [3.63, 3.8) is 0 Å². The van der Waals surface area contributed by atoms with Crippen LogP contribution in [0, 0.1) is 0 Å². The SMILES string of the molecule is CSC1CCCC(NC(=O)c2ccccc2SC(C)C(=O)O)C1. The lowest BCUT2D eigenvalue weighted by atomic mass is 9.94. The van der Waals surface area contributed by atoms with Crippen LogP contribution in [0.1, 0.15) is 43.0 Å². The van der Waals surface area contributed by atoms with E-state index in [1.807, 2.05) is 30.0 Å². The van der Waals surface area contributed by atoms with Gasteiger partial charge in [-0.15, -0.1) is 11.8 Å². The molecule has 126 valence electrons. The van der Waals surface area contributed by atoms with Crippen LogP contribution in [0.15, 0.2) is 29.2 Å². The maximum atomic E-state index is 12.6. The molecule has 3 atom stereocenters. The lowest BCUT2D eigenvalue weighted by Crippen LogP contribution is -2.39. The molecule has 1 amide bonds. The number of carbonyl (C=O) groups is 2. The minimum Gasteiger partial charge on any atom is -0.480 e. The van der Waals surface area contributed by atoms with E-state index in [9.17, 15) is 9.59 Å². The van der Waals surface area contributed by atoms with E-state index >= 15 is 0 Å². The van der Waals surface area contributed by atoms with Crippen molar-refractivity contribution in [3.8, 4) is 0 Å². The second kappa shape index (κ2) is 8.64. The largest absolute Gasteiger partial charge is 0.480 e. The number of thioether (sulfide) groups is 2. The summed E-state index contributed by atoms with van der Waals surface area (Å²) in [6.45, 7) is 1.63. The quantitative estimate of drug-likeness (QED) is 0.764. The highest BCUT2D eigenvalue weighted by atomic mass is 32.2. The van der Waals surface area contributed by atoms with E-state index in [4.69, 9.17) is 5.11 Å². The summed E-state index contributed by atoms with van der Waals surface area (Å²) in [5, 5.41) is 12.2. The molecule has 0 bridgehead atoms. The van der Waals surface area contributed by atoms with Gasteiger partial charge in [-0.05, 0) is 44.6 Å². The first-order valence-electron chi connectivity index (χ1n) is 7.83. The highest BCUT2D eigenvalue weighted by Crippen LogP contribution is 2.29. The van der Waals surface area contributed by atoms with E-state index in [0.717, 1.165) is 24.2 Å². The summed E-state index contributed by atoms with van der Waals surface area (Å²) in [4.78, 5) is 24.4. The fourth-order valence-corrected chi connectivity index (χ4v) is 4.50. The van der Waals surface area contributed by atoms with Crippen molar-refractivity contribution < 1.29 is 14.7 Å². The number of carbonyl (C=O) groups excluding carboxylic acids is 1. The standard InChI is InChI=1S/C17H23NO3S2/c1-11(17(20)21)23-15-9-4-3-8-14(15)16(19)18-12-6-5-7-13(10-12)22-2/h3-4,8-9,11-13H,5-7,10H2,1-2H3,(H,18,19)(H,20,21). The Hall–Kier alpha value is -1.14. The van der Waals surface area contributed by atoms with Gasteiger partial charge in [0, 0.05) is 16.2 Å². The zero-order valence-corrected chi connectivity index (χ0v) is 15.1. The summed E-state index contributed by atoms with van der Waals surface area (Å²) in [5.74, 6) is -0.974. The summed E-state index contributed by atoms with van der Waals surface area (Å²) in [6, 6.07) is 7.43. The third-order valence-electron chi connectivity index (χ3n) is 4.08. The molecule has 1 aromatic rings. The number of rotatable bonds is 6. The lowest BCUT2D eigenvalue weighted by Gasteiger charge is -2.28. The molecule has 1 aromatic carbocycles. The molecule has 0 saturated heterocycles. The molecule has 1 saturated carbocycles. The summed E-state index contributed by atoms with van der Waals surface area (Å²) in [5.41, 5.74) is 0.567. The van der Waals surface area contributed by atoms with Gasteiger partial charge in [0.1, 0.15) is 5.25 Å². The van der Waals surface area contributed by atoms with Crippen molar-refractivity contribution in [3.05, 3.63) is 29.8 Å². The lowest BCUT2D eigenvalue weighted by molar-refractivity contribution is -0.136. The smallest absolute Gasteiger partial charge is 0.316 e. The van der Waals surface area contributed by atoms with Crippen molar-refractivity contribution in [2.45, 2.75) is 54.0 Å². The number of aliphatic carboxylic acids is 1. The molecule has 23 heavy (non-hydrogen) atoms. The van der Waals surface area contributed by atoms with Gasteiger partial charge < -0.3 is 10.4 Å². The third-order valence-corrected chi connectivity index (χ3v) is 6.34. The van der Waals surface area contributed by atoms with Crippen LogP contribution in [0.2, 0.25) is 0 Å². The molecule has 0 aliphatic heterocycles. The number of hydrogen-bond donors (Lipinski definition) is 2. The fraction of sp³-hybridized carbons (Fsp3) is 0.529. The topological polar surface area (TPSA) is 66.4 Å². The van der Waals surface area contributed by atoms with E-state index in [0.29, 0.717) is 10.8 Å². The first-order valence-corrected chi connectivity index (χ1v) is 10.00. The van der Waals surface area contributed by atoms with Crippen LogP contribution in [-0.4, -0.2) is 39.8 Å². The van der Waals surface area contributed by atoms with Crippen LogP contribution in [0.3, 0.4) is 0 Å². The number of nitrogens with one attached hydrogen (secondary N) is 1. The van der Waals surface area contributed by atoms with Crippen LogP contribution in [0.25, 0.3) is 0 Å². The second-order valence-electron chi connectivity index (χ2n) is 5.79. The number of hydrogen-bond acceptors (Lipinski definition) is 4. The van der Waals surface area contributed by atoms with Crippen molar-refractivity contribution in [2.24, 2.45) is 0 Å². The van der Waals surface area contributed by atoms with Gasteiger partial charge in [0.05, 0.1) is 5.56 Å². The minimum absolute atomic E-state index is 0.0996. The van der Waals surface area contributed by atoms with Gasteiger partial charge >= 0.3 is 5.97 Å². The average molecular weight is 354 g/mol. The van der Waals surface area contributed by atoms with Gasteiger partial charge in [0.2, 0.25) is 0 Å². The molecule has 1 aliphatic carbocycles. The number of carboxylic acid groups (broad SMARTS) is 1. The Labute approximate surface area is 145 Å².